The smallest absolute Gasteiger partial charge is 0.263 e. The number of nitrogens with one attached hydrogen (secondary N) is 1. The Morgan fingerprint density at radius 1 is 1.38 bits per heavy atom. The van der Waals surface area contributed by atoms with Crippen LogP contribution in [0.15, 0.2) is 35.4 Å². The summed E-state index contributed by atoms with van der Waals surface area (Å²) in [4.78, 5) is 0.143. The quantitative estimate of drug-likeness (QED) is 0.726. The molecule has 0 atom stereocenters. The van der Waals surface area contributed by atoms with E-state index >= 15 is 0 Å². The molecular weight excluding hydrogens is 408 g/mol. The van der Waals surface area contributed by atoms with Crippen molar-refractivity contribution in [2.45, 2.75) is 24.9 Å². The summed E-state index contributed by atoms with van der Waals surface area (Å²) in [6, 6.07) is 5.42. The molecule has 8 heteroatoms. The SMILES string of the molecule is CCn1cc(S(=O)(=O)Nc2ccc(F)cc2I)cc1CN. The van der Waals surface area contributed by atoms with E-state index in [1.807, 2.05) is 29.5 Å². The fraction of sp³-hybridized carbons (Fsp3) is 0.231. The topological polar surface area (TPSA) is 77.1 Å². The molecular formula is C13H15FIN3O2S. The lowest BCUT2D eigenvalue weighted by Crippen LogP contribution is -2.13. The standard InChI is InChI=1S/C13H15FIN3O2S/c1-2-18-8-11(6-10(18)7-16)21(19,20)17-13-4-3-9(14)5-12(13)15/h3-6,8,17H,2,7,16H2,1H3. The van der Waals surface area contributed by atoms with Gasteiger partial charge in [0, 0.05) is 28.6 Å². The summed E-state index contributed by atoms with van der Waals surface area (Å²) >= 11 is 1.88. The van der Waals surface area contributed by atoms with E-state index in [9.17, 15) is 12.8 Å². The normalized spacial score (nSPS) is 11.6. The molecule has 0 amide bonds. The number of halogens is 2. The number of nitrogens with two attached hydrogens (primary N) is 1. The van der Waals surface area contributed by atoms with Gasteiger partial charge in [-0.2, -0.15) is 0 Å². The van der Waals surface area contributed by atoms with Crippen molar-refractivity contribution < 1.29 is 12.8 Å². The maximum atomic E-state index is 13.1. The summed E-state index contributed by atoms with van der Waals surface area (Å²) in [6.07, 6.45) is 1.54. The molecule has 0 saturated heterocycles. The van der Waals surface area contributed by atoms with Crippen LogP contribution >= 0.6 is 22.6 Å². The number of aromatic nitrogens is 1. The first-order valence-corrected chi connectivity index (χ1v) is 8.80. The third kappa shape index (κ3) is 3.55. The molecule has 5 nitrogen and oxygen atoms in total. The van der Waals surface area contributed by atoms with E-state index in [0.29, 0.717) is 15.8 Å². The molecule has 3 N–H and O–H groups in total. The summed E-state index contributed by atoms with van der Waals surface area (Å²) in [5.74, 6) is -0.412. The number of anilines is 1. The van der Waals surface area contributed by atoms with Crippen LogP contribution in [0.2, 0.25) is 0 Å². The molecule has 1 aromatic carbocycles. The Kier molecular flexibility index (Phi) is 4.89. The van der Waals surface area contributed by atoms with Gasteiger partial charge < -0.3 is 10.3 Å². The van der Waals surface area contributed by atoms with Gasteiger partial charge in [-0.15, -0.1) is 0 Å². The number of hydrogen-bond donors (Lipinski definition) is 2. The predicted octanol–water partition coefficient (Wildman–Crippen LogP) is 2.51. The van der Waals surface area contributed by atoms with Crippen LogP contribution in [0.1, 0.15) is 12.6 Å². The van der Waals surface area contributed by atoms with E-state index in [-0.39, 0.29) is 11.4 Å². The zero-order valence-electron chi connectivity index (χ0n) is 11.3. The van der Waals surface area contributed by atoms with Crippen LogP contribution in [0.5, 0.6) is 0 Å². The van der Waals surface area contributed by atoms with Crippen molar-refractivity contribution in [3.8, 4) is 0 Å². The second-order valence-electron chi connectivity index (χ2n) is 4.39. The number of aryl methyl sites for hydroxylation is 1. The Labute approximate surface area is 136 Å². The third-order valence-corrected chi connectivity index (χ3v) is 5.22. The second-order valence-corrected chi connectivity index (χ2v) is 7.23. The number of nitrogens with zero attached hydrogens (tertiary/aromatic N) is 1. The van der Waals surface area contributed by atoms with Gasteiger partial charge in [-0.25, -0.2) is 12.8 Å². The molecule has 114 valence electrons. The highest BCUT2D eigenvalue weighted by Gasteiger charge is 2.19. The van der Waals surface area contributed by atoms with Crippen LogP contribution in [-0.4, -0.2) is 13.0 Å². The molecule has 0 aliphatic rings. The van der Waals surface area contributed by atoms with Crippen LogP contribution in [0.4, 0.5) is 10.1 Å². The van der Waals surface area contributed by atoms with E-state index in [1.54, 1.807) is 16.8 Å². The van der Waals surface area contributed by atoms with Gasteiger partial charge in [0.1, 0.15) is 10.7 Å². The molecule has 21 heavy (non-hydrogen) atoms. The van der Waals surface area contributed by atoms with Gasteiger partial charge in [0.15, 0.2) is 0 Å². The summed E-state index contributed by atoms with van der Waals surface area (Å²) in [5, 5.41) is 0. The van der Waals surface area contributed by atoms with Gasteiger partial charge in [-0.05, 0) is 53.8 Å². The molecule has 0 radical (unpaired) electrons. The Morgan fingerprint density at radius 2 is 2.10 bits per heavy atom. The number of sulfonamides is 1. The van der Waals surface area contributed by atoms with Crippen LogP contribution in [0.3, 0.4) is 0 Å². The first-order valence-electron chi connectivity index (χ1n) is 6.24. The Balaban J connectivity index is 2.36. The van der Waals surface area contributed by atoms with Crippen molar-refractivity contribution in [2.75, 3.05) is 4.72 Å². The van der Waals surface area contributed by atoms with Gasteiger partial charge in [-0.3, -0.25) is 4.72 Å². The number of benzene rings is 1. The van der Waals surface area contributed by atoms with Crippen molar-refractivity contribution in [1.29, 1.82) is 0 Å². The lowest BCUT2D eigenvalue weighted by atomic mass is 10.3. The summed E-state index contributed by atoms with van der Waals surface area (Å²) < 4.78 is 42.5. The zero-order chi connectivity index (χ0) is 15.6. The highest BCUT2D eigenvalue weighted by atomic mass is 127. The van der Waals surface area contributed by atoms with Gasteiger partial charge in [0.25, 0.3) is 10.0 Å². The van der Waals surface area contributed by atoms with Crippen LogP contribution < -0.4 is 10.5 Å². The monoisotopic (exact) mass is 423 g/mol. The summed E-state index contributed by atoms with van der Waals surface area (Å²) in [5.41, 5.74) is 6.68. The van der Waals surface area contributed by atoms with E-state index in [0.717, 1.165) is 5.69 Å². The number of hydrogen-bond acceptors (Lipinski definition) is 3. The predicted molar refractivity (Wildman–Crippen MR) is 87.9 cm³/mol. The fourth-order valence-corrected chi connectivity index (χ4v) is 3.85. The second kappa shape index (κ2) is 6.32. The molecule has 1 heterocycles. The van der Waals surface area contributed by atoms with Crippen molar-refractivity contribution >= 4 is 38.3 Å². The molecule has 0 fully saturated rings. The van der Waals surface area contributed by atoms with E-state index in [1.165, 1.54) is 18.2 Å². The molecule has 0 spiro atoms. The third-order valence-electron chi connectivity index (χ3n) is 3.00. The highest BCUT2D eigenvalue weighted by Crippen LogP contribution is 2.23. The maximum absolute atomic E-state index is 13.1. The van der Waals surface area contributed by atoms with E-state index in [2.05, 4.69) is 4.72 Å². The molecule has 1 aromatic heterocycles. The van der Waals surface area contributed by atoms with Crippen molar-refractivity contribution in [3.63, 3.8) is 0 Å². The van der Waals surface area contributed by atoms with E-state index in [4.69, 9.17) is 5.73 Å². The lowest BCUT2D eigenvalue weighted by molar-refractivity contribution is 0.600. The largest absolute Gasteiger partial charge is 0.349 e. The first kappa shape index (κ1) is 16.2. The van der Waals surface area contributed by atoms with Crippen molar-refractivity contribution in [2.24, 2.45) is 5.73 Å². The minimum atomic E-state index is -3.72. The Hall–Kier alpha value is -1.13. The van der Waals surface area contributed by atoms with Crippen molar-refractivity contribution in [3.05, 3.63) is 45.5 Å². The minimum Gasteiger partial charge on any atom is -0.349 e. The molecule has 0 aliphatic heterocycles. The molecule has 2 rings (SSSR count). The lowest BCUT2D eigenvalue weighted by Gasteiger charge is -2.08. The maximum Gasteiger partial charge on any atom is 0.263 e. The van der Waals surface area contributed by atoms with E-state index < -0.39 is 15.8 Å². The Morgan fingerprint density at radius 3 is 2.62 bits per heavy atom. The van der Waals surface area contributed by atoms with Crippen LogP contribution in [0.25, 0.3) is 0 Å². The van der Waals surface area contributed by atoms with Gasteiger partial charge in [0.2, 0.25) is 0 Å². The van der Waals surface area contributed by atoms with Gasteiger partial charge >= 0.3 is 0 Å². The average Bonchev–Trinajstić information content (AvgIpc) is 2.86. The average molecular weight is 423 g/mol. The van der Waals surface area contributed by atoms with Gasteiger partial charge in [-0.1, -0.05) is 0 Å². The molecule has 0 bridgehead atoms. The number of rotatable bonds is 5. The minimum absolute atomic E-state index is 0.143. The zero-order valence-corrected chi connectivity index (χ0v) is 14.3. The summed E-state index contributed by atoms with van der Waals surface area (Å²) in [7, 11) is -3.72. The fourth-order valence-electron chi connectivity index (χ4n) is 1.91. The summed E-state index contributed by atoms with van der Waals surface area (Å²) in [6.45, 7) is 2.81. The van der Waals surface area contributed by atoms with Crippen LogP contribution in [-0.2, 0) is 23.1 Å². The van der Waals surface area contributed by atoms with Crippen molar-refractivity contribution in [1.82, 2.24) is 4.57 Å². The molecule has 0 saturated carbocycles. The molecule has 0 unspecified atom stereocenters. The first-order chi connectivity index (χ1) is 9.87. The Bertz CT molecular complexity index is 737. The molecule has 2 aromatic rings. The highest BCUT2D eigenvalue weighted by molar-refractivity contribution is 14.1. The van der Waals surface area contributed by atoms with Crippen LogP contribution in [0, 0.1) is 9.39 Å². The van der Waals surface area contributed by atoms with Gasteiger partial charge in [0.05, 0.1) is 5.69 Å². The molecule has 0 aliphatic carbocycles.